The number of aliphatic hydroxyl groups excluding tert-OH is 1. The van der Waals surface area contributed by atoms with Gasteiger partial charge >= 0.3 is 0 Å². The van der Waals surface area contributed by atoms with Crippen molar-refractivity contribution in [1.82, 2.24) is 0 Å². The van der Waals surface area contributed by atoms with Crippen LogP contribution in [0.15, 0.2) is 45.2 Å². The number of hydrogen-bond donors (Lipinski definition) is 1. The van der Waals surface area contributed by atoms with Crippen LogP contribution in [-0.2, 0) is 6.42 Å². The van der Waals surface area contributed by atoms with Gasteiger partial charge in [0.25, 0.3) is 0 Å². The maximum atomic E-state index is 10.3. The maximum Gasteiger partial charge on any atom is 0.169 e. The molecule has 2 heterocycles. The number of benzene rings is 1. The Hall–Kier alpha value is -2.00. The molecular formula is C16H16O3. The zero-order valence-electron chi connectivity index (χ0n) is 11.0. The first-order valence-corrected chi connectivity index (χ1v) is 6.44. The van der Waals surface area contributed by atoms with Gasteiger partial charge in [0.15, 0.2) is 6.10 Å². The number of furan rings is 2. The molecule has 1 atom stereocenters. The minimum atomic E-state index is -0.854. The second-order valence-electron chi connectivity index (χ2n) is 4.75. The van der Waals surface area contributed by atoms with E-state index in [0.717, 1.165) is 23.2 Å². The first-order chi connectivity index (χ1) is 9.17. The molecule has 0 aliphatic rings. The quantitative estimate of drug-likeness (QED) is 0.771. The first-order valence-electron chi connectivity index (χ1n) is 6.44. The van der Waals surface area contributed by atoms with Gasteiger partial charge in [-0.25, -0.2) is 0 Å². The van der Waals surface area contributed by atoms with E-state index in [4.69, 9.17) is 8.83 Å². The fourth-order valence-electron chi connectivity index (χ4n) is 2.19. The topological polar surface area (TPSA) is 46.5 Å². The van der Waals surface area contributed by atoms with Gasteiger partial charge in [-0.15, -0.1) is 0 Å². The Balaban J connectivity index is 1.98. The van der Waals surface area contributed by atoms with Crippen LogP contribution in [0.25, 0.3) is 11.0 Å². The van der Waals surface area contributed by atoms with Gasteiger partial charge in [0.05, 0.1) is 0 Å². The molecule has 1 aromatic carbocycles. The first kappa shape index (κ1) is 12.1. The molecule has 0 fully saturated rings. The van der Waals surface area contributed by atoms with E-state index in [1.54, 1.807) is 6.07 Å². The van der Waals surface area contributed by atoms with Crippen LogP contribution in [0.1, 0.15) is 35.9 Å². The summed E-state index contributed by atoms with van der Waals surface area (Å²) in [6.45, 7) is 4.04. The number of aliphatic hydroxyl groups is 1. The van der Waals surface area contributed by atoms with Crippen molar-refractivity contribution in [3.05, 3.63) is 59.2 Å². The number of fused-ring (bicyclic) bond motifs is 1. The molecule has 0 aliphatic carbocycles. The van der Waals surface area contributed by atoms with Gasteiger partial charge in [-0.1, -0.05) is 18.6 Å². The van der Waals surface area contributed by atoms with Crippen molar-refractivity contribution in [3.63, 3.8) is 0 Å². The Kier molecular flexibility index (Phi) is 2.91. The summed E-state index contributed by atoms with van der Waals surface area (Å²) < 4.78 is 11.2. The molecule has 2 aromatic heterocycles. The molecular weight excluding hydrogens is 240 g/mol. The van der Waals surface area contributed by atoms with Gasteiger partial charge in [-0.05, 0) is 37.3 Å². The third-order valence-electron chi connectivity index (χ3n) is 3.26. The van der Waals surface area contributed by atoms with Crippen molar-refractivity contribution < 1.29 is 13.9 Å². The lowest BCUT2D eigenvalue weighted by Crippen LogP contribution is -1.95. The third kappa shape index (κ3) is 2.17. The van der Waals surface area contributed by atoms with Crippen LogP contribution in [0.4, 0.5) is 0 Å². The monoisotopic (exact) mass is 256 g/mol. The normalized spacial score (nSPS) is 13.0. The van der Waals surface area contributed by atoms with Crippen molar-refractivity contribution in [3.8, 4) is 0 Å². The second-order valence-corrected chi connectivity index (χ2v) is 4.75. The van der Waals surface area contributed by atoms with E-state index in [9.17, 15) is 5.11 Å². The molecule has 0 saturated heterocycles. The largest absolute Gasteiger partial charge is 0.463 e. The third-order valence-corrected chi connectivity index (χ3v) is 3.26. The van der Waals surface area contributed by atoms with Crippen molar-refractivity contribution in [1.29, 1.82) is 0 Å². The lowest BCUT2D eigenvalue weighted by molar-refractivity contribution is 0.163. The molecule has 1 N–H and O–H groups in total. The van der Waals surface area contributed by atoms with Crippen molar-refractivity contribution in [2.45, 2.75) is 26.4 Å². The summed E-state index contributed by atoms with van der Waals surface area (Å²) in [5.74, 6) is 1.89. The fraction of sp³-hybridized carbons (Fsp3) is 0.250. The maximum absolute atomic E-state index is 10.3. The molecule has 1 unspecified atom stereocenters. The van der Waals surface area contributed by atoms with Crippen LogP contribution in [-0.4, -0.2) is 5.11 Å². The molecule has 98 valence electrons. The molecule has 19 heavy (non-hydrogen) atoms. The van der Waals surface area contributed by atoms with E-state index in [1.165, 1.54) is 5.56 Å². The Bertz CT molecular complexity index is 706. The van der Waals surface area contributed by atoms with Crippen LogP contribution >= 0.6 is 0 Å². The molecule has 0 aliphatic heterocycles. The van der Waals surface area contributed by atoms with Crippen LogP contribution in [0.3, 0.4) is 0 Å². The Labute approximate surface area is 111 Å². The van der Waals surface area contributed by atoms with Crippen molar-refractivity contribution in [2.24, 2.45) is 0 Å². The minimum absolute atomic E-state index is 0.512. The zero-order valence-corrected chi connectivity index (χ0v) is 11.0. The van der Waals surface area contributed by atoms with E-state index in [0.29, 0.717) is 11.5 Å². The summed E-state index contributed by atoms with van der Waals surface area (Å²) in [4.78, 5) is 0. The summed E-state index contributed by atoms with van der Waals surface area (Å²) in [7, 11) is 0. The molecule has 0 bridgehead atoms. The van der Waals surface area contributed by atoms with Gasteiger partial charge in [0.1, 0.15) is 22.9 Å². The molecule has 3 nitrogen and oxygen atoms in total. The highest BCUT2D eigenvalue weighted by molar-refractivity contribution is 5.78. The summed E-state index contributed by atoms with van der Waals surface area (Å²) in [5.41, 5.74) is 1.95. The fourth-order valence-corrected chi connectivity index (χ4v) is 2.19. The Morgan fingerprint density at radius 1 is 1.05 bits per heavy atom. The standard InChI is InChI=1S/C16H16O3/c1-3-12-5-7-14(18-12)16(17)15-9-11-8-10(2)4-6-13(11)19-15/h4-9,16-17H,3H2,1-2H3. The minimum Gasteiger partial charge on any atom is -0.463 e. The SMILES string of the molecule is CCc1ccc(C(O)c2cc3cc(C)ccc3o2)o1. The Morgan fingerprint density at radius 2 is 1.89 bits per heavy atom. The zero-order chi connectivity index (χ0) is 13.4. The smallest absolute Gasteiger partial charge is 0.169 e. The van der Waals surface area contributed by atoms with Gasteiger partial charge in [0.2, 0.25) is 0 Å². The lowest BCUT2D eigenvalue weighted by atomic mass is 10.1. The van der Waals surface area contributed by atoms with Crippen LogP contribution in [0, 0.1) is 6.92 Å². The highest BCUT2D eigenvalue weighted by Gasteiger charge is 2.19. The molecule has 0 saturated carbocycles. The molecule has 3 heteroatoms. The van der Waals surface area contributed by atoms with E-state index in [2.05, 4.69) is 0 Å². The summed E-state index contributed by atoms with van der Waals surface area (Å²) in [6.07, 6.45) is -0.0421. The predicted octanol–water partition coefficient (Wildman–Crippen LogP) is 3.98. The van der Waals surface area contributed by atoms with Crippen LogP contribution in [0.2, 0.25) is 0 Å². The van der Waals surface area contributed by atoms with Crippen LogP contribution < -0.4 is 0 Å². The Morgan fingerprint density at radius 3 is 2.63 bits per heavy atom. The highest BCUT2D eigenvalue weighted by atomic mass is 16.4. The van der Waals surface area contributed by atoms with Crippen LogP contribution in [0.5, 0.6) is 0 Å². The molecule has 0 radical (unpaired) electrons. The summed E-state index contributed by atoms with van der Waals surface area (Å²) >= 11 is 0. The van der Waals surface area contributed by atoms with Gasteiger partial charge in [-0.2, -0.15) is 0 Å². The average Bonchev–Trinajstić information content (AvgIpc) is 3.03. The molecule has 0 spiro atoms. The van der Waals surface area contributed by atoms with E-state index in [1.807, 2.05) is 44.2 Å². The van der Waals surface area contributed by atoms with E-state index < -0.39 is 6.10 Å². The average molecular weight is 256 g/mol. The molecule has 3 aromatic rings. The van der Waals surface area contributed by atoms with Gasteiger partial charge < -0.3 is 13.9 Å². The molecule has 3 rings (SSSR count). The van der Waals surface area contributed by atoms with Crippen molar-refractivity contribution >= 4 is 11.0 Å². The van der Waals surface area contributed by atoms with Gasteiger partial charge in [0, 0.05) is 11.8 Å². The van der Waals surface area contributed by atoms with E-state index >= 15 is 0 Å². The van der Waals surface area contributed by atoms with E-state index in [-0.39, 0.29) is 0 Å². The number of hydrogen-bond acceptors (Lipinski definition) is 3. The van der Waals surface area contributed by atoms with Crippen molar-refractivity contribution in [2.75, 3.05) is 0 Å². The molecule has 0 amide bonds. The highest BCUT2D eigenvalue weighted by Crippen LogP contribution is 2.29. The number of aryl methyl sites for hydroxylation is 2. The second kappa shape index (κ2) is 4.59. The van der Waals surface area contributed by atoms with Gasteiger partial charge in [-0.3, -0.25) is 0 Å². The summed E-state index contributed by atoms with van der Waals surface area (Å²) in [6, 6.07) is 11.5. The lowest BCUT2D eigenvalue weighted by Gasteiger charge is -2.03. The predicted molar refractivity (Wildman–Crippen MR) is 73.1 cm³/mol. The number of rotatable bonds is 3. The summed E-state index contributed by atoms with van der Waals surface area (Å²) in [5, 5.41) is 11.3.